The van der Waals surface area contributed by atoms with Crippen molar-refractivity contribution in [2.24, 2.45) is 0 Å². The van der Waals surface area contributed by atoms with Gasteiger partial charge in [-0.3, -0.25) is 0 Å². The van der Waals surface area contributed by atoms with Crippen molar-refractivity contribution >= 4 is 42.8 Å². The summed E-state index contributed by atoms with van der Waals surface area (Å²) in [4.78, 5) is 0. The average Bonchev–Trinajstić information content (AvgIpc) is 2.94. The third-order valence-electron chi connectivity index (χ3n) is 2.57. The van der Waals surface area contributed by atoms with Crippen molar-refractivity contribution in [3.8, 4) is 5.75 Å². The Morgan fingerprint density at radius 1 is 0.864 bits per heavy atom. The molecular weight excluding hydrogens is 436 g/mol. The molecule has 0 amide bonds. The molecule has 0 radical (unpaired) electrons. The molecule has 1 aromatic heterocycles. The Kier molecular flexibility index (Phi) is 5.12. The average molecular weight is 442 g/mol. The maximum absolute atomic E-state index is 13.0. The number of fused-ring (bicyclic) bond motifs is 1. The van der Waals surface area contributed by atoms with Gasteiger partial charge in [-0.15, -0.1) is 0 Å². The van der Waals surface area contributed by atoms with Gasteiger partial charge in [0.2, 0.25) is 0 Å². The van der Waals surface area contributed by atoms with Gasteiger partial charge in [0.25, 0.3) is 0 Å². The molecule has 0 aliphatic carbocycles. The fourth-order valence-electron chi connectivity index (χ4n) is 1.55. The maximum Gasteiger partial charge on any atom is 0.169 e. The van der Waals surface area contributed by atoms with Gasteiger partial charge in [0.05, 0.1) is 20.6 Å². The molecule has 2 nitrogen and oxygen atoms in total. The van der Waals surface area contributed by atoms with Gasteiger partial charge < -0.3 is 9.52 Å². The van der Waals surface area contributed by atoms with Crippen LogP contribution in [0.2, 0.25) is 0 Å². The Morgan fingerprint density at radius 3 is 2.09 bits per heavy atom. The fourth-order valence-corrected chi connectivity index (χ4v) is 2.37. The van der Waals surface area contributed by atoms with E-state index in [9.17, 15) is 17.6 Å². The van der Waals surface area contributed by atoms with Crippen LogP contribution < -0.4 is 0 Å². The topological polar surface area (TPSA) is 33.4 Å². The molecule has 22 heavy (non-hydrogen) atoms. The second-order valence-corrected chi connectivity index (χ2v) is 5.74. The van der Waals surface area contributed by atoms with Gasteiger partial charge in [-0.2, -0.15) is 0 Å². The highest BCUT2D eigenvalue weighted by molar-refractivity contribution is 9.11. The van der Waals surface area contributed by atoms with Crippen molar-refractivity contribution < 1.29 is 27.1 Å². The Bertz CT molecular complexity index is 783. The molecule has 0 aliphatic rings. The molecule has 1 heterocycles. The van der Waals surface area contributed by atoms with Crippen LogP contribution in [0.15, 0.2) is 43.9 Å². The summed E-state index contributed by atoms with van der Waals surface area (Å²) < 4.78 is 55.6. The molecule has 0 fully saturated rings. The van der Waals surface area contributed by atoms with Crippen LogP contribution in [0.4, 0.5) is 17.6 Å². The van der Waals surface area contributed by atoms with Crippen molar-refractivity contribution in [2.45, 2.75) is 0 Å². The zero-order valence-electron chi connectivity index (χ0n) is 10.5. The number of aromatic hydroxyl groups is 1. The van der Waals surface area contributed by atoms with E-state index >= 15 is 0 Å². The van der Waals surface area contributed by atoms with Crippen LogP contribution in [0.1, 0.15) is 0 Å². The molecule has 116 valence electrons. The lowest BCUT2D eigenvalue weighted by Gasteiger charge is -1.96. The molecule has 3 rings (SSSR count). The number of hydrogen-bond acceptors (Lipinski definition) is 2. The van der Waals surface area contributed by atoms with E-state index in [2.05, 4.69) is 31.9 Å². The number of rotatable bonds is 0. The third-order valence-corrected chi connectivity index (χ3v) is 3.80. The predicted octanol–water partition coefficient (Wildman–Crippen LogP) is 5.91. The van der Waals surface area contributed by atoms with Crippen LogP contribution >= 0.6 is 31.9 Å². The first-order valence-electron chi connectivity index (χ1n) is 5.65. The van der Waals surface area contributed by atoms with Crippen molar-refractivity contribution in [1.82, 2.24) is 0 Å². The lowest BCUT2D eigenvalue weighted by molar-refractivity contribution is 0.451. The second kappa shape index (κ2) is 6.70. The zero-order valence-corrected chi connectivity index (χ0v) is 13.7. The molecule has 2 aromatic carbocycles. The zero-order chi connectivity index (χ0) is 16.4. The number of phenolic OH excluding ortho intramolecular Hbond substituents is 1. The predicted molar refractivity (Wildman–Crippen MR) is 79.6 cm³/mol. The van der Waals surface area contributed by atoms with E-state index in [1.165, 1.54) is 12.3 Å². The Balaban J connectivity index is 0.000000164. The first-order chi connectivity index (χ1) is 10.3. The lowest BCUT2D eigenvalue weighted by Crippen LogP contribution is -1.83. The van der Waals surface area contributed by atoms with Crippen molar-refractivity contribution in [1.29, 1.82) is 0 Å². The molecule has 3 aromatic rings. The van der Waals surface area contributed by atoms with E-state index in [0.717, 1.165) is 12.1 Å². The summed E-state index contributed by atoms with van der Waals surface area (Å²) in [6, 6.07) is 4.00. The summed E-state index contributed by atoms with van der Waals surface area (Å²) in [6.45, 7) is 0. The van der Waals surface area contributed by atoms with E-state index in [1.807, 2.05) is 0 Å². The molecule has 1 N–H and O–H groups in total. The van der Waals surface area contributed by atoms with E-state index in [0.29, 0.717) is 16.1 Å². The minimum atomic E-state index is -1.05. The van der Waals surface area contributed by atoms with Crippen LogP contribution in [0.25, 0.3) is 11.0 Å². The van der Waals surface area contributed by atoms with Gasteiger partial charge >= 0.3 is 0 Å². The monoisotopic (exact) mass is 440 g/mol. The summed E-state index contributed by atoms with van der Waals surface area (Å²) in [5.41, 5.74) is 0.328. The molecule has 0 unspecified atom stereocenters. The van der Waals surface area contributed by atoms with Crippen LogP contribution in [0.5, 0.6) is 5.75 Å². The van der Waals surface area contributed by atoms with E-state index < -0.39 is 23.3 Å². The first kappa shape index (κ1) is 16.8. The van der Waals surface area contributed by atoms with Gasteiger partial charge in [-0.05, 0) is 50.1 Å². The van der Waals surface area contributed by atoms with Gasteiger partial charge in [0.1, 0.15) is 5.75 Å². The normalized spacial score (nSPS) is 10.5. The standard InChI is InChI=1S/C8H3BrF2O.C6H3BrF2O/c9-5-3-6(10)7(11)4-1-2-12-8(4)5;7-3-1-4(8)5(9)2-6(3)10/h1-3H;1-2,10H. The third kappa shape index (κ3) is 3.44. The van der Waals surface area contributed by atoms with Gasteiger partial charge in [0.15, 0.2) is 28.9 Å². The van der Waals surface area contributed by atoms with Crippen LogP contribution in [-0.4, -0.2) is 5.11 Å². The Morgan fingerprint density at radius 2 is 1.45 bits per heavy atom. The molecule has 8 heteroatoms. The van der Waals surface area contributed by atoms with Crippen LogP contribution in [0, 0.1) is 23.3 Å². The second-order valence-electron chi connectivity index (χ2n) is 4.04. The molecule has 0 bridgehead atoms. The van der Waals surface area contributed by atoms with E-state index in [-0.39, 0.29) is 15.6 Å². The fraction of sp³-hybridized carbons (Fsp3) is 0. The summed E-state index contributed by atoms with van der Waals surface area (Å²) in [7, 11) is 0. The Hall–Kier alpha value is -1.54. The minimum Gasteiger partial charge on any atom is -0.507 e. The minimum absolute atomic E-state index is 0.145. The summed E-state index contributed by atoms with van der Waals surface area (Å²) >= 11 is 5.88. The summed E-state index contributed by atoms with van der Waals surface area (Å²) in [5, 5.41) is 8.93. The Labute approximate surface area is 138 Å². The molecule has 0 atom stereocenters. The number of furan rings is 1. The van der Waals surface area contributed by atoms with Gasteiger partial charge in [-0.1, -0.05) is 0 Å². The molecule has 0 saturated heterocycles. The van der Waals surface area contributed by atoms with Gasteiger partial charge in [0, 0.05) is 6.07 Å². The highest BCUT2D eigenvalue weighted by Crippen LogP contribution is 2.29. The number of phenols is 1. The van der Waals surface area contributed by atoms with Crippen molar-refractivity contribution in [3.05, 3.63) is 62.7 Å². The first-order valence-corrected chi connectivity index (χ1v) is 7.24. The SMILES string of the molecule is Fc1cc(Br)c2occc2c1F.Oc1cc(F)c(F)cc1Br. The van der Waals surface area contributed by atoms with Crippen LogP contribution in [-0.2, 0) is 0 Å². The number of halogens is 6. The smallest absolute Gasteiger partial charge is 0.169 e. The molecular formula is C14H6Br2F4O2. The maximum atomic E-state index is 13.0. The lowest BCUT2D eigenvalue weighted by atomic mass is 10.2. The van der Waals surface area contributed by atoms with Crippen LogP contribution in [0.3, 0.4) is 0 Å². The molecule has 0 spiro atoms. The molecule has 0 aliphatic heterocycles. The highest BCUT2D eigenvalue weighted by Gasteiger charge is 2.12. The van der Waals surface area contributed by atoms with E-state index in [1.54, 1.807) is 0 Å². The molecule has 0 saturated carbocycles. The largest absolute Gasteiger partial charge is 0.507 e. The quantitative estimate of drug-likeness (QED) is 0.347. The summed E-state index contributed by atoms with van der Waals surface area (Å²) in [6.07, 6.45) is 1.32. The van der Waals surface area contributed by atoms with Gasteiger partial charge in [-0.25, -0.2) is 17.6 Å². The number of benzene rings is 2. The highest BCUT2D eigenvalue weighted by atomic mass is 79.9. The number of hydrogen-bond donors (Lipinski definition) is 1. The van der Waals surface area contributed by atoms with Crippen molar-refractivity contribution in [2.75, 3.05) is 0 Å². The van der Waals surface area contributed by atoms with E-state index in [4.69, 9.17) is 9.52 Å². The summed E-state index contributed by atoms with van der Waals surface area (Å²) in [5.74, 6) is -4.10. The van der Waals surface area contributed by atoms with Crippen molar-refractivity contribution in [3.63, 3.8) is 0 Å².